The minimum absolute atomic E-state index is 0.0527. The topological polar surface area (TPSA) is 97.6 Å². The van der Waals surface area contributed by atoms with E-state index in [1.807, 2.05) is 0 Å². The van der Waals surface area contributed by atoms with E-state index in [2.05, 4.69) is 0 Å². The summed E-state index contributed by atoms with van der Waals surface area (Å²) in [7, 11) is -1.86. The van der Waals surface area contributed by atoms with Gasteiger partial charge in [-0.2, -0.15) is 4.39 Å². The SMILES string of the molecule is CN(CCS(C)(=O)=O)C(=O)c1ccc(F)c([N+](=O)[O-])c1. The van der Waals surface area contributed by atoms with Gasteiger partial charge in [0.05, 0.1) is 10.7 Å². The zero-order chi connectivity index (χ0) is 15.5. The molecule has 0 aliphatic rings. The van der Waals surface area contributed by atoms with Crippen LogP contribution in [0.3, 0.4) is 0 Å². The average molecular weight is 304 g/mol. The second-order valence-corrected chi connectivity index (χ2v) is 6.54. The second kappa shape index (κ2) is 5.95. The number of carbonyl (C=O) groups excluding carboxylic acids is 1. The highest BCUT2D eigenvalue weighted by Gasteiger charge is 2.20. The Morgan fingerprint density at radius 2 is 2.05 bits per heavy atom. The van der Waals surface area contributed by atoms with Crippen molar-refractivity contribution in [3.63, 3.8) is 0 Å². The quantitative estimate of drug-likeness (QED) is 0.593. The lowest BCUT2D eigenvalue weighted by molar-refractivity contribution is -0.387. The Labute approximate surface area is 115 Å². The number of hydrogen-bond acceptors (Lipinski definition) is 5. The first-order valence-electron chi connectivity index (χ1n) is 5.49. The molecule has 110 valence electrons. The number of nitro benzene ring substituents is 1. The molecule has 1 aromatic rings. The van der Waals surface area contributed by atoms with Crippen molar-refractivity contribution < 1.29 is 22.5 Å². The van der Waals surface area contributed by atoms with Gasteiger partial charge >= 0.3 is 5.69 Å². The Morgan fingerprint density at radius 3 is 2.55 bits per heavy atom. The fraction of sp³-hybridized carbons (Fsp3) is 0.364. The smallest absolute Gasteiger partial charge is 0.305 e. The van der Waals surface area contributed by atoms with E-state index in [4.69, 9.17) is 0 Å². The minimum atomic E-state index is -3.23. The number of sulfone groups is 1. The lowest BCUT2D eigenvalue weighted by atomic mass is 10.1. The number of carbonyl (C=O) groups is 1. The van der Waals surface area contributed by atoms with Crippen molar-refractivity contribution in [1.29, 1.82) is 0 Å². The summed E-state index contributed by atoms with van der Waals surface area (Å²) in [4.78, 5) is 22.7. The summed E-state index contributed by atoms with van der Waals surface area (Å²) < 4.78 is 35.2. The molecule has 1 rings (SSSR count). The number of nitro groups is 1. The van der Waals surface area contributed by atoms with E-state index < -0.39 is 32.2 Å². The number of hydrogen-bond donors (Lipinski definition) is 0. The van der Waals surface area contributed by atoms with Gasteiger partial charge in [0.1, 0.15) is 9.84 Å². The van der Waals surface area contributed by atoms with Crippen LogP contribution < -0.4 is 0 Å². The van der Waals surface area contributed by atoms with Gasteiger partial charge in [-0.05, 0) is 12.1 Å². The Morgan fingerprint density at radius 1 is 1.45 bits per heavy atom. The van der Waals surface area contributed by atoms with Crippen LogP contribution in [0.25, 0.3) is 0 Å². The lowest BCUT2D eigenvalue weighted by Gasteiger charge is -2.16. The number of benzene rings is 1. The first-order chi connectivity index (χ1) is 9.11. The standard InChI is InChI=1S/C11H13FN2O5S/c1-13(5-6-20(2,18)19)11(15)8-3-4-9(12)10(7-8)14(16)17/h3-4,7H,5-6H2,1-2H3. The minimum Gasteiger partial charge on any atom is -0.341 e. The number of halogens is 1. The van der Waals surface area contributed by atoms with Gasteiger partial charge in [0, 0.05) is 31.5 Å². The molecular weight excluding hydrogens is 291 g/mol. The molecule has 9 heteroatoms. The fourth-order valence-corrected chi connectivity index (χ4v) is 2.02. The lowest BCUT2D eigenvalue weighted by Crippen LogP contribution is -2.31. The molecule has 0 atom stereocenters. The first kappa shape index (κ1) is 16.0. The predicted molar refractivity (Wildman–Crippen MR) is 69.7 cm³/mol. The van der Waals surface area contributed by atoms with Crippen molar-refractivity contribution in [2.75, 3.05) is 25.6 Å². The highest BCUT2D eigenvalue weighted by Crippen LogP contribution is 2.19. The van der Waals surface area contributed by atoms with Crippen LogP contribution in [-0.2, 0) is 9.84 Å². The third-order valence-electron chi connectivity index (χ3n) is 2.53. The molecule has 1 amide bonds. The van der Waals surface area contributed by atoms with E-state index >= 15 is 0 Å². The third kappa shape index (κ3) is 4.26. The molecule has 0 aliphatic heterocycles. The van der Waals surface area contributed by atoms with Gasteiger partial charge < -0.3 is 4.90 Å². The Bertz CT molecular complexity index is 644. The second-order valence-electron chi connectivity index (χ2n) is 4.28. The Balaban J connectivity index is 2.92. The van der Waals surface area contributed by atoms with Crippen LogP contribution in [-0.4, -0.2) is 49.7 Å². The molecule has 0 aromatic heterocycles. The van der Waals surface area contributed by atoms with Crippen molar-refractivity contribution in [2.24, 2.45) is 0 Å². The molecule has 0 spiro atoms. The molecule has 0 heterocycles. The van der Waals surface area contributed by atoms with E-state index in [0.717, 1.165) is 29.4 Å². The maximum absolute atomic E-state index is 13.1. The van der Waals surface area contributed by atoms with E-state index in [1.165, 1.54) is 7.05 Å². The van der Waals surface area contributed by atoms with Crippen molar-refractivity contribution in [3.05, 3.63) is 39.7 Å². The first-order valence-corrected chi connectivity index (χ1v) is 7.55. The Hall–Kier alpha value is -2.03. The molecule has 0 unspecified atom stereocenters. The summed E-state index contributed by atoms with van der Waals surface area (Å²) >= 11 is 0. The van der Waals surface area contributed by atoms with Crippen molar-refractivity contribution >= 4 is 21.4 Å². The van der Waals surface area contributed by atoms with Crippen LogP contribution in [0.2, 0.25) is 0 Å². The summed E-state index contributed by atoms with van der Waals surface area (Å²) in [6.45, 7) is -0.0527. The van der Waals surface area contributed by atoms with E-state index in [-0.39, 0.29) is 17.9 Å². The van der Waals surface area contributed by atoms with Gasteiger partial charge in [0.15, 0.2) is 0 Å². The predicted octanol–water partition coefficient (Wildman–Crippen LogP) is 0.850. The summed E-state index contributed by atoms with van der Waals surface area (Å²) in [5.41, 5.74) is -0.874. The van der Waals surface area contributed by atoms with Crippen LogP contribution >= 0.6 is 0 Å². The van der Waals surface area contributed by atoms with Crippen molar-refractivity contribution in [2.45, 2.75) is 0 Å². The normalized spacial score (nSPS) is 11.2. The number of nitrogens with zero attached hydrogens (tertiary/aromatic N) is 2. The average Bonchev–Trinajstić information content (AvgIpc) is 2.34. The summed E-state index contributed by atoms with van der Waals surface area (Å²) in [5.74, 6) is -1.87. The maximum Gasteiger partial charge on any atom is 0.305 e. The maximum atomic E-state index is 13.1. The molecule has 0 bridgehead atoms. The zero-order valence-corrected chi connectivity index (χ0v) is 11.7. The number of amides is 1. The summed E-state index contributed by atoms with van der Waals surface area (Å²) in [6, 6.07) is 2.77. The van der Waals surface area contributed by atoms with E-state index in [9.17, 15) is 27.7 Å². The summed E-state index contributed by atoms with van der Waals surface area (Å²) in [6.07, 6.45) is 1.04. The number of rotatable bonds is 5. The van der Waals surface area contributed by atoms with Crippen LogP contribution in [0.4, 0.5) is 10.1 Å². The van der Waals surface area contributed by atoms with Crippen LogP contribution in [0.5, 0.6) is 0 Å². The van der Waals surface area contributed by atoms with Crippen LogP contribution in [0.15, 0.2) is 18.2 Å². The largest absolute Gasteiger partial charge is 0.341 e. The van der Waals surface area contributed by atoms with Gasteiger partial charge in [-0.15, -0.1) is 0 Å². The molecule has 1 aromatic carbocycles. The molecule has 20 heavy (non-hydrogen) atoms. The molecule has 0 aliphatic carbocycles. The molecule has 0 radical (unpaired) electrons. The molecule has 0 N–H and O–H groups in total. The Kier molecular flexibility index (Phi) is 4.77. The van der Waals surface area contributed by atoms with Crippen molar-refractivity contribution in [3.8, 4) is 0 Å². The van der Waals surface area contributed by atoms with Gasteiger partial charge in [-0.25, -0.2) is 8.42 Å². The highest BCUT2D eigenvalue weighted by molar-refractivity contribution is 7.90. The molecule has 0 saturated heterocycles. The zero-order valence-electron chi connectivity index (χ0n) is 10.9. The van der Waals surface area contributed by atoms with Gasteiger partial charge in [0.25, 0.3) is 5.91 Å². The highest BCUT2D eigenvalue weighted by atomic mass is 32.2. The van der Waals surface area contributed by atoms with E-state index in [1.54, 1.807) is 0 Å². The molecule has 0 saturated carbocycles. The molecule has 0 fully saturated rings. The van der Waals surface area contributed by atoms with Gasteiger partial charge in [-0.3, -0.25) is 14.9 Å². The van der Waals surface area contributed by atoms with Crippen molar-refractivity contribution in [1.82, 2.24) is 4.90 Å². The summed E-state index contributed by atoms with van der Waals surface area (Å²) in [5, 5.41) is 10.6. The molecular formula is C11H13FN2O5S. The third-order valence-corrected chi connectivity index (χ3v) is 3.46. The monoisotopic (exact) mass is 304 g/mol. The fourth-order valence-electron chi connectivity index (χ4n) is 1.41. The van der Waals surface area contributed by atoms with Crippen LogP contribution in [0, 0.1) is 15.9 Å². The van der Waals surface area contributed by atoms with E-state index in [0.29, 0.717) is 0 Å². The van der Waals surface area contributed by atoms with Gasteiger partial charge in [0.2, 0.25) is 5.82 Å². The van der Waals surface area contributed by atoms with Crippen LogP contribution in [0.1, 0.15) is 10.4 Å². The molecule has 7 nitrogen and oxygen atoms in total. The van der Waals surface area contributed by atoms with Gasteiger partial charge in [-0.1, -0.05) is 0 Å².